The Hall–Kier alpha value is -0.372. The predicted molar refractivity (Wildman–Crippen MR) is 176 cm³/mol. The van der Waals surface area contributed by atoms with Gasteiger partial charge in [-0.1, -0.05) is 34.8 Å². The van der Waals surface area contributed by atoms with Gasteiger partial charge < -0.3 is 23.7 Å². The van der Waals surface area contributed by atoms with E-state index in [2.05, 4.69) is 4.98 Å². The fourth-order valence-electron chi connectivity index (χ4n) is 4.21. The van der Waals surface area contributed by atoms with Gasteiger partial charge in [0.15, 0.2) is 24.4 Å². The number of esters is 4. The standard InChI is InChI=1S/C24H27Cl3N3O9.6ClH.Sb/c1-10-28-24(30(29(10)6)19-16(26)7-15(25)8-17(19)27)23-22(38-14(5)34)21(37-13(4)33)20(36-12(3)32)18(39-23)9-35-11(2)31;;;;;;;/h7-8,18,20-23H,9H2,1-6H3;6*1H;/q+1;;;;;;;+5/p-6/t18-,20+,21+,22-,23-;;;;;;;/m1......./s1. The van der Waals surface area contributed by atoms with Gasteiger partial charge in [0.05, 0.1) is 10.0 Å². The third-order valence-corrected chi connectivity index (χ3v) is 6.49. The van der Waals surface area contributed by atoms with E-state index in [4.69, 9.17) is 111 Å². The van der Waals surface area contributed by atoms with Gasteiger partial charge >= 0.3 is 91.8 Å². The van der Waals surface area contributed by atoms with Gasteiger partial charge in [0.1, 0.15) is 25.4 Å². The van der Waals surface area contributed by atoms with Crippen molar-refractivity contribution in [2.45, 2.75) is 65.1 Å². The van der Waals surface area contributed by atoms with Crippen LogP contribution in [0.1, 0.15) is 45.4 Å². The molecule has 260 valence electrons. The number of nitrogens with zero attached hydrogens (tertiary/aromatic N) is 3. The maximum atomic E-state index is 12.2. The zero-order chi connectivity index (χ0) is 35.6. The van der Waals surface area contributed by atoms with Crippen molar-refractivity contribution in [3.05, 3.63) is 38.8 Å². The van der Waals surface area contributed by atoms with Gasteiger partial charge in [-0.2, -0.15) is 4.68 Å². The minimum atomic E-state index is -5.42. The first-order valence-electron chi connectivity index (χ1n) is 12.6. The van der Waals surface area contributed by atoms with Crippen LogP contribution in [0.2, 0.25) is 15.1 Å². The fraction of sp³-hybridized carbons (Fsp3) is 0.500. The first-order valence-corrected chi connectivity index (χ1v) is 33.2. The van der Waals surface area contributed by atoms with Gasteiger partial charge in [0.25, 0.3) is 5.82 Å². The number of benzene rings is 1. The number of carbonyl (C=O) groups excluding carboxylic acids is 4. The monoisotopic (exact) mass is 937 g/mol. The van der Waals surface area contributed by atoms with E-state index in [-0.39, 0.29) is 28.2 Å². The van der Waals surface area contributed by atoms with E-state index in [0.29, 0.717) is 10.8 Å². The van der Waals surface area contributed by atoms with Gasteiger partial charge in [-0.3, -0.25) is 19.2 Å². The van der Waals surface area contributed by atoms with E-state index in [1.165, 1.54) is 23.7 Å². The second-order valence-corrected chi connectivity index (χ2v) is 67.8. The maximum absolute atomic E-state index is 12.2. The van der Waals surface area contributed by atoms with Gasteiger partial charge in [0, 0.05) is 39.6 Å². The number of aromatic nitrogens is 3. The van der Waals surface area contributed by atoms with Crippen LogP contribution in [-0.2, 0) is 49.9 Å². The summed E-state index contributed by atoms with van der Waals surface area (Å²) in [5, 5.41) is 0.641. The molecular weight excluding hydrogens is 915 g/mol. The summed E-state index contributed by atoms with van der Waals surface area (Å²) in [5.41, 5.74) is 0.286. The fourth-order valence-corrected chi connectivity index (χ4v) is 5.18. The molecule has 1 aromatic heterocycles. The second kappa shape index (κ2) is 15.3. The molecule has 22 heteroatoms. The molecule has 3 rings (SSSR count). The van der Waals surface area contributed by atoms with Crippen LogP contribution in [0.15, 0.2) is 12.1 Å². The Kier molecular flexibility index (Phi) is 13.9. The van der Waals surface area contributed by atoms with Crippen molar-refractivity contribution < 1.29 is 47.5 Å². The Labute approximate surface area is 298 Å². The van der Waals surface area contributed by atoms with Crippen LogP contribution in [-0.4, -0.2) is 73.7 Å². The van der Waals surface area contributed by atoms with Gasteiger partial charge in [-0.15, -0.1) is 4.68 Å². The normalized spacial score (nSPS) is 22.7. The molecule has 1 fully saturated rings. The molecule has 12 nitrogen and oxygen atoms in total. The van der Waals surface area contributed by atoms with Crippen LogP contribution in [0.3, 0.4) is 0 Å². The summed E-state index contributed by atoms with van der Waals surface area (Å²) in [6.07, 6.45) is -6.47. The third kappa shape index (κ3) is 13.5. The zero-order valence-corrected chi connectivity index (χ0v) is 34.0. The second-order valence-electron chi connectivity index (χ2n) is 9.65. The molecule has 1 aliphatic heterocycles. The molecule has 0 amide bonds. The van der Waals surface area contributed by atoms with Crippen LogP contribution in [0.25, 0.3) is 5.69 Å². The molecule has 0 saturated carbocycles. The minimum absolute atomic E-state index is 0.138. The van der Waals surface area contributed by atoms with Crippen LogP contribution in [0, 0.1) is 6.92 Å². The molecule has 0 radical (unpaired) electrons. The Morgan fingerprint density at radius 1 is 0.826 bits per heavy atom. The molecule has 0 N–H and O–H groups in total. The molecule has 0 bridgehead atoms. The molecule has 0 aliphatic carbocycles. The average Bonchev–Trinajstić information content (AvgIpc) is 3.11. The van der Waals surface area contributed by atoms with E-state index >= 15 is 0 Å². The van der Waals surface area contributed by atoms with Crippen LogP contribution in [0.4, 0.5) is 0 Å². The molecule has 1 aromatic carbocycles. The Morgan fingerprint density at radius 3 is 1.70 bits per heavy atom. The number of ether oxygens (including phenoxy) is 5. The number of hydrogen-bond acceptors (Lipinski definition) is 10. The summed E-state index contributed by atoms with van der Waals surface area (Å²) in [6.45, 7) is 5.93. The molecule has 0 unspecified atom stereocenters. The van der Waals surface area contributed by atoms with Crippen molar-refractivity contribution in [2.24, 2.45) is 7.05 Å². The van der Waals surface area contributed by atoms with E-state index in [9.17, 15) is 19.2 Å². The quantitative estimate of drug-likeness (QED) is 0.131. The number of hydrogen-bond donors (Lipinski definition) is 0. The van der Waals surface area contributed by atoms with E-state index in [0.717, 1.165) is 20.8 Å². The van der Waals surface area contributed by atoms with Crippen LogP contribution in [0.5, 0.6) is 0 Å². The van der Waals surface area contributed by atoms with Crippen LogP contribution >= 0.6 is 87.8 Å². The predicted octanol–water partition coefficient (Wildman–Crippen LogP) is 6.52. The molecule has 1 saturated heterocycles. The van der Waals surface area contributed by atoms with Crippen molar-refractivity contribution >= 4 is 121 Å². The molecule has 1 aliphatic rings. The Morgan fingerprint density at radius 2 is 1.26 bits per heavy atom. The number of rotatable bonds is 7. The van der Waals surface area contributed by atoms with Gasteiger partial charge in [-0.25, -0.2) is 0 Å². The molecular formula is C24H27Cl9N3O9Sb. The zero-order valence-electron chi connectivity index (χ0n) is 24.6. The van der Waals surface area contributed by atoms with E-state index < -0.39 is 63.5 Å². The van der Waals surface area contributed by atoms with Gasteiger partial charge in [0.2, 0.25) is 0 Å². The molecule has 46 heavy (non-hydrogen) atoms. The summed E-state index contributed by atoms with van der Waals surface area (Å²) < 4.78 is 31.1. The first kappa shape index (κ1) is 41.8. The number of aryl methyl sites for hydroxylation is 1. The van der Waals surface area contributed by atoms with Crippen molar-refractivity contribution in [3.63, 3.8) is 0 Å². The molecule has 2 heterocycles. The molecule has 5 atom stereocenters. The number of carbonyl (C=O) groups is 4. The summed E-state index contributed by atoms with van der Waals surface area (Å²) >= 11 is 19.2. The van der Waals surface area contributed by atoms with Crippen molar-refractivity contribution in [1.82, 2.24) is 9.67 Å². The summed E-state index contributed by atoms with van der Waals surface area (Å²) in [5.74, 6) is -2.26. The van der Waals surface area contributed by atoms with Crippen LogP contribution < -0.4 is 4.68 Å². The SMILES string of the molecule is CC(=O)OC[C@H]1O[C@@H](c2nc(C)[n+](C)n2-c2c(Cl)cc(Cl)cc2Cl)[C@H](OC(C)=O)[C@@H](OC(C)=O)[C@H]1OC(C)=O.[Cl][Sb-]([Cl])([Cl])([Cl])([Cl])[Cl]. The van der Waals surface area contributed by atoms with Crippen molar-refractivity contribution in [3.8, 4) is 5.69 Å². The topological polar surface area (TPSA) is 136 Å². The molecule has 0 spiro atoms. The summed E-state index contributed by atoms with van der Waals surface area (Å²) in [4.78, 5) is 52.6. The third-order valence-electron chi connectivity index (χ3n) is 5.70. The number of halogens is 9. The Bertz CT molecular complexity index is 1490. The molecule has 2 aromatic rings. The van der Waals surface area contributed by atoms with E-state index in [1.54, 1.807) is 18.7 Å². The summed E-state index contributed by atoms with van der Waals surface area (Å²) in [7, 11) is 26.6. The van der Waals surface area contributed by atoms with Crippen molar-refractivity contribution in [1.29, 1.82) is 0 Å². The first-order chi connectivity index (χ1) is 20.7. The average molecular weight is 942 g/mol. The van der Waals surface area contributed by atoms with Crippen molar-refractivity contribution in [2.75, 3.05) is 6.61 Å². The Balaban J connectivity index is 0.000000942. The van der Waals surface area contributed by atoms with Gasteiger partial charge in [-0.05, 0) is 17.1 Å². The summed E-state index contributed by atoms with van der Waals surface area (Å²) in [6, 6.07) is 2.97. The van der Waals surface area contributed by atoms with E-state index in [1.807, 2.05) is 0 Å².